The summed E-state index contributed by atoms with van der Waals surface area (Å²) in [6.07, 6.45) is 2.80. The van der Waals surface area contributed by atoms with Gasteiger partial charge in [-0.05, 0) is 42.2 Å². The van der Waals surface area contributed by atoms with Crippen molar-refractivity contribution in [2.75, 3.05) is 13.7 Å². The van der Waals surface area contributed by atoms with Crippen LogP contribution in [-0.2, 0) is 13.0 Å². The number of hydrogen-bond donors (Lipinski definition) is 2. The minimum Gasteiger partial charge on any atom is -0.396 e. The van der Waals surface area contributed by atoms with Gasteiger partial charge in [0.15, 0.2) is 11.3 Å². The zero-order chi connectivity index (χ0) is 19.4. The molecule has 2 aromatic heterocycles. The number of benzene rings is 1. The number of halogens is 1. The van der Waals surface area contributed by atoms with Crippen LogP contribution in [0.4, 0.5) is 0 Å². The van der Waals surface area contributed by atoms with E-state index in [0.717, 1.165) is 11.1 Å². The molecule has 0 fully saturated rings. The van der Waals surface area contributed by atoms with Crippen molar-refractivity contribution >= 4 is 28.5 Å². The van der Waals surface area contributed by atoms with Crippen LogP contribution in [0.5, 0.6) is 0 Å². The zero-order valence-electron chi connectivity index (χ0n) is 14.8. The molecule has 140 valence electrons. The molecule has 0 aliphatic rings. The van der Waals surface area contributed by atoms with Gasteiger partial charge >= 0.3 is 0 Å². The van der Waals surface area contributed by atoms with Crippen molar-refractivity contribution < 1.29 is 9.90 Å². The first-order chi connectivity index (χ1) is 13.0. The molecule has 0 aliphatic carbocycles. The highest BCUT2D eigenvalue weighted by atomic mass is 35.5. The van der Waals surface area contributed by atoms with Gasteiger partial charge in [0.25, 0.3) is 5.91 Å². The molecule has 1 aromatic carbocycles. The summed E-state index contributed by atoms with van der Waals surface area (Å²) in [5.41, 5.74) is 1.39. The van der Waals surface area contributed by atoms with Crippen LogP contribution in [0.3, 0.4) is 0 Å². The number of aromatic amines is 1. The minimum atomic E-state index is -0.478. The molecule has 2 heterocycles. The molecule has 3 rings (SSSR count). The third-order valence-corrected chi connectivity index (χ3v) is 4.44. The smallest absolute Gasteiger partial charge is 0.278 e. The van der Waals surface area contributed by atoms with Crippen LogP contribution in [-0.4, -0.2) is 44.7 Å². The maximum atomic E-state index is 12.8. The van der Waals surface area contributed by atoms with Gasteiger partial charge in [-0.1, -0.05) is 23.7 Å². The number of fused-ring (bicyclic) bond motifs is 1. The normalized spacial score (nSPS) is 10.9. The predicted octanol–water partition coefficient (Wildman–Crippen LogP) is 2.17. The van der Waals surface area contributed by atoms with Crippen molar-refractivity contribution in [3.8, 4) is 0 Å². The number of amides is 1. The third kappa shape index (κ3) is 4.32. The lowest BCUT2D eigenvalue weighted by molar-refractivity contribution is 0.0777. The number of aryl methyl sites for hydroxylation is 1. The topological polar surface area (TPSA) is 99.2 Å². The number of aliphatic hydroxyl groups excluding tert-OH is 1. The second-order valence-electron chi connectivity index (χ2n) is 6.26. The second kappa shape index (κ2) is 8.28. The Morgan fingerprint density at radius 2 is 2.00 bits per heavy atom. The van der Waals surface area contributed by atoms with Crippen LogP contribution in [0.25, 0.3) is 11.0 Å². The highest BCUT2D eigenvalue weighted by molar-refractivity contribution is 6.30. The number of aliphatic hydroxyl groups is 1. The molecule has 3 aromatic rings. The SMILES string of the molecule is CN(Cc1ccc(Cl)cc1)C(=O)c1n[nH]c2ncc(CCCO)cc2c1=O. The summed E-state index contributed by atoms with van der Waals surface area (Å²) < 4.78 is 0. The average Bonchev–Trinajstić information content (AvgIpc) is 2.68. The summed E-state index contributed by atoms with van der Waals surface area (Å²) in [4.78, 5) is 31.1. The largest absolute Gasteiger partial charge is 0.396 e. The van der Waals surface area contributed by atoms with Crippen LogP contribution >= 0.6 is 11.6 Å². The average molecular weight is 387 g/mol. The molecule has 0 spiro atoms. The van der Waals surface area contributed by atoms with Gasteiger partial charge < -0.3 is 10.0 Å². The van der Waals surface area contributed by atoms with Crippen LogP contribution in [0, 0.1) is 0 Å². The number of aromatic nitrogens is 3. The van der Waals surface area contributed by atoms with Crippen molar-refractivity contribution in [3.63, 3.8) is 0 Å². The first-order valence-corrected chi connectivity index (χ1v) is 8.85. The van der Waals surface area contributed by atoms with E-state index in [9.17, 15) is 9.59 Å². The number of pyridine rings is 1. The Balaban J connectivity index is 1.88. The van der Waals surface area contributed by atoms with E-state index in [4.69, 9.17) is 16.7 Å². The molecule has 0 saturated carbocycles. The Morgan fingerprint density at radius 1 is 1.26 bits per heavy atom. The van der Waals surface area contributed by atoms with Gasteiger partial charge in [0.1, 0.15) is 0 Å². The number of carbonyl (C=O) groups excluding carboxylic acids is 1. The molecule has 0 radical (unpaired) electrons. The molecule has 1 amide bonds. The van der Waals surface area contributed by atoms with Crippen molar-refractivity contribution in [1.82, 2.24) is 20.1 Å². The molecule has 0 bridgehead atoms. The van der Waals surface area contributed by atoms with Gasteiger partial charge in [0, 0.05) is 31.4 Å². The molecule has 0 atom stereocenters. The van der Waals surface area contributed by atoms with Crippen LogP contribution in [0.1, 0.15) is 28.0 Å². The Hall–Kier alpha value is -2.77. The minimum absolute atomic E-state index is 0.0595. The first-order valence-electron chi connectivity index (χ1n) is 8.47. The molecule has 0 saturated heterocycles. The molecule has 0 aliphatic heterocycles. The molecule has 2 N–H and O–H groups in total. The number of carbonyl (C=O) groups is 1. The van der Waals surface area contributed by atoms with Crippen LogP contribution < -0.4 is 5.43 Å². The van der Waals surface area contributed by atoms with E-state index < -0.39 is 11.3 Å². The molecule has 8 heteroatoms. The summed E-state index contributed by atoms with van der Waals surface area (Å²) >= 11 is 5.87. The number of rotatable bonds is 6. The van der Waals surface area contributed by atoms with E-state index in [0.29, 0.717) is 35.4 Å². The van der Waals surface area contributed by atoms with E-state index in [1.807, 2.05) is 12.1 Å². The van der Waals surface area contributed by atoms with E-state index in [2.05, 4.69) is 15.2 Å². The Labute approximate surface area is 160 Å². The first kappa shape index (κ1) is 19.0. The highest BCUT2D eigenvalue weighted by Crippen LogP contribution is 2.13. The lowest BCUT2D eigenvalue weighted by Gasteiger charge is -2.16. The number of nitrogens with zero attached hydrogens (tertiary/aromatic N) is 3. The fourth-order valence-electron chi connectivity index (χ4n) is 2.74. The third-order valence-electron chi connectivity index (χ3n) is 4.18. The lowest BCUT2D eigenvalue weighted by atomic mass is 10.1. The molecular formula is C19H19ClN4O3. The molecule has 7 nitrogen and oxygen atoms in total. The fraction of sp³-hybridized carbons (Fsp3) is 0.263. The van der Waals surface area contributed by atoms with Crippen molar-refractivity contribution in [2.24, 2.45) is 0 Å². The number of nitrogens with one attached hydrogen (secondary N) is 1. The fourth-order valence-corrected chi connectivity index (χ4v) is 2.86. The van der Waals surface area contributed by atoms with E-state index in [-0.39, 0.29) is 12.3 Å². The molecule has 27 heavy (non-hydrogen) atoms. The van der Waals surface area contributed by atoms with Gasteiger partial charge in [-0.15, -0.1) is 0 Å². The number of hydrogen-bond acceptors (Lipinski definition) is 5. The van der Waals surface area contributed by atoms with E-state index in [1.165, 1.54) is 4.90 Å². The quantitative estimate of drug-likeness (QED) is 0.676. The maximum absolute atomic E-state index is 12.8. The summed E-state index contributed by atoms with van der Waals surface area (Å²) in [5, 5.41) is 16.5. The second-order valence-corrected chi connectivity index (χ2v) is 6.69. The van der Waals surface area contributed by atoms with Gasteiger partial charge in [-0.25, -0.2) is 4.98 Å². The molecular weight excluding hydrogens is 368 g/mol. The van der Waals surface area contributed by atoms with Crippen LogP contribution in [0.15, 0.2) is 41.3 Å². The van der Waals surface area contributed by atoms with Crippen molar-refractivity contribution in [1.29, 1.82) is 0 Å². The predicted molar refractivity (Wildman–Crippen MR) is 103 cm³/mol. The van der Waals surface area contributed by atoms with Gasteiger partial charge in [-0.2, -0.15) is 5.10 Å². The summed E-state index contributed by atoms with van der Waals surface area (Å²) in [7, 11) is 1.61. The molecule has 0 unspecified atom stereocenters. The van der Waals surface area contributed by atoms with E-state index in [1.54, 1.807) is 31.4 Å². The lowest BCUT2D eigenvalue weighted by Crippen LogP contribution is -2.32. The van der Waals surface area contributed by atoms with E-state index >= 15 is 0 Å². The van der Waals surface area contributed by atoms with Crippen molar-refractivity contribution in [2.45, 2.75) is 19.4 Å². The van der Waals surface area contributed by atoms with Gasteiger partial charge in [0.05, 0.1) is 5.39 Å². The zero-order valence-corrected chi connectivity index (χ0v) is 15.5. The Bertz CT molecular complexity index is 1020. The summed E-state index contributed by atoms with van der Waals surface area (Å²) in [6, 6.07) is 8.82. The van der Waals surface area contributed by atoms with Gasteiger partial charge in [-0.3, -0.25) is 14.7 Å². The Kier molecular flexibility index (Phi) is 5.83. The van der Waals surface area contributed by atoms with Gasteiger partial charge in [0.2, 0.25) is 5.43 Å². The summed E-state index contributed by atoms with van der Waals surface area (Å²) in [6.45, 7) is 0.383. The van der Waals surface area contributed by atoms with Crippen LogP contribution in [0.2, 0.25) is 5.02 Å². The monoisotopic (exact) mass is 386 g/mol. The summed E-state index contributed by atoms with van der Waals surface area (Å²) in [5.74, 6) is -0.478. The Morgan fingerprint density at radius 3 is 2.70 bits per heavy atom. The number of H-pyrrole nitrogens is 1. The highest BCUT2D eigenvalue weighted by Gasteiger charge is 2.19. The standard InChI is InChI=1S/C19H19ClN4O3/c1-24(11-12-4-6-14(20)7-5-12)19(27)16-17(26)15-9-13(3-2-8-25)10-21-18(15)23-22-16/h4-7,9-10,25H,2-3,8,11H2,1H3,(H,21,23,26). The maximum Gasteiger partial charge on any atom is 0.278 e. The van der Waals surface area contributed by atoms with Crippen molar-refractivity contribution in [3.05, 3.63) is 68.6 Å².